The summed E-state index contributed by atoms with van der Waals surface area (Å²) in [6, 6.07) is 7.97. The van der Waals surface area contributed by atoms with Crippen molar-refractivity contribution in [3.05, 3.63) is 35.4 Å². The average Bonchev–Trinajstić information content (AvgIpc) is 2.54. The van der Waals surface area contributed by atoms with Crippen LogP contribution in [0, 0.1) is 5.41 Å². The smallest absolute Gasteiger partial charge is 0.260 e. The zero-order valence-electron chi connectivity index (χ0n) is 9.35. The molecule has 0 bridgehead atoms. The molecule has 1 heterocycles. The summed E-state index contributed by atoms with van der Waals surface area (Å²) in [4.78, 5) is 23.4. The Hall–Kier alpha value is -1.68. The fourth-order valence-corrected chi connectivity index (χ4v) is 2.91. The summed E-state index contributed by atoms with van der Waals surface area (Å²) in [5, 5.41) is 9.67. The third kappa shape index (κ3) is 1.41. The molecule has 4 heteroatoms. The molecule has 1 aromatic rings. The van der Waals surface area contributed by atoms with Crippen LogP contribution in [0.5, 0.6) is 0 Å². The van der Waals surface area contributed by atoms with E-state index in [-0.39, 0.29) is 6.42 Å². The molecule has 1 N–H and O–H groups in total. The van der Waals surface area contributed by atoms with Crippen LogP contribution in [0.3, 0.4) is 0 Å². The summed E-state index contributed by atoms with van der Waals surface area (Å²) in [7, 11) is 0. The summed E-state index contributed by atoms with van der Waals surface area (Å²) in [5.41, 5.74) is 1.67. The lowest BCUT2D eigenvalue weighted by molar-refractivity contribution is -0.174. The number of carbonyl (C=O) groups excluding carboxylic acids is 2. The van der Waals surface area contributed by atoms with Crippen molar-refractivity contribution in [3.8, 4) is 0 Å². The van der Waals surface area contributed by atoms with Crippen molar-refractivity contribution in [2.45, 2.75) is 25.7 Å². The minimum Gasteiger partial charge on any atom is -0.278 e. The second-order valence-corrected chi connectivity index (χ2v) is 4.91. The number of hydrogen-bond donors (Lipinski definition) is 1. The van der Waals surface area contributed by atoms with E-state index in [0.717, 1.165) is 12.0 Å². The van der Waals surface area contributed by atoms with Crippen molar-refractivity contribution >= 4 is 11.8 Å². The molecule has 1 aromatic carbocycles. The summed E-state index contributed by atoms with van der Waals surface area (Å²) >= 11 is 0. The van der Waals surface area contributed by atoms with Crippen LogP contribution in [0.15, 0.2) is 24.3 Å². The van der Waals surface area contributed by atoms with Crippen molar-refractivity contribution in [1.82, 2.24) is 5.06 Å². The first-order valence-corrected chi connectivity index (χ1v) is 5.75. The Morgan fingerprint density at radius 3 is 2.47 bits per heavy atom. The number of rotatable bonds is 0. The molecule has 1 atom stereocenters. The number of amides is 2. The fourth-order valence-electron chi connectivity index (χ4n) is 2.91. The van der Waals surface area contributed by atoms with Gasteiger partial charge in [-0.05, 0) is 30.4 Å². The maximum absolute atomic E-state index is 12.0. The Balaban J connectivity index is 1.99. The van der Waals surface area contributed by atoms with Crippen molar-refractivity contribution in [2.24, 2.45) is 5.41 Å². The number of imide groups is 1. The van der Waals surface area contributed by atoms with Gasteiger partial charge < -0.3 is 0 Å². The first kappa shape index (κ1) is 10.5. The molecule has 0 radical (unpaired) electrons. The molecule has 3 rings (SSSR count). The van der Waals surface area contributed by atoms with Crippen molar-refractivity contribution < 1.29 is 14.8 Å². The molecule has 1 spiro atoms. The second kappa shape index (κ2) is 3.40. The zero-order chi connectivity index (χ0) is 12.0. The molecule has 1 unspecified atom stereocenters. The molecule has 2 aliphatic rings. The van der Waals surface area contributed by atoms with E-state index in [0.29, 0.717) is 17.9 Å². The average molecular weight is 231 g/mol. The van der Waals surface area contributed by atoms with Crippen LogP contribution in [0.4, 0.5) is 0 Å². The van der Waals surface area contributed by atoms with E-state index in [4.69, 9.17) is 0 Å². The number of benzene rings is 1. The Kier molecular flexibility index (Phi) is 2.10. The van der Waals surface area contributed by atoms with E-state index in [1.807, 2.05) is 18.2 Å². The molecule has 1 aliphatic heterocycles. The van der Waals surface area contributed by atoms with Crippen molar-refractivity contribution in [2.75, 3.05) is 0 Å². The van der Waals surface area contributed by atoms with Gasteiger partial charge in [-0.15, -0.1) is 0 Å². The second-order valence-electron chi connectivity index (χ2n) is 4.91. The molecule has 4 nitrogen and oxygen atoms in total. The van der Waals surface area contributed by atoms with Gasteiger partial charge in [0.1, 0.15) is 0 Å². The van der Waals surface area contributed by atoms with Gasteiger partial charge in [-0.25, -0.2) is 0 Å². The van der Waals surface area contributed by atoms with E-state index < -0.39 is 17.2 Å². The highest BCUT2D eigenvalue weighted by Gasteiger charge is 2.52. The minimum absolute atomic E-state index is 0.136. The Morgan fingerprint density at radius 1 is 1.12 bits per heavy atom. The molecule has 0 aromatic heterocycles. The molecule has 1 fully saturated rings. The lowest BCUT2D eigenvalue weighted by Gasteiger charge is -2.31. The van der Waals surface area contributed by atoms with Gasteiger partial charge in [0.15, 0.2) is 0 Å². The lowest BCUT2D eigenvalue weighted by atomic mass is 9.70. The van der Waals surface area contributed by atoms with Crippen LogP contribution in [-0.4, -0.2) is 22.1 Å². The van der Waals surface area contributed by atoms with Gasteiger partial charge in [0.2, 0.25) is 0 Å². The summed E-state index contributed by atoms with van der Waals surface area (Å²) in [6.07, 6.45) is 2.14. The van der Waals surface area contributed by atoms with Crippen LogP contribution in [0.2, 0.25) is 0 Å². The first-order chi connectivity index (χ1) is 8.12. The predicted octanol–water partition coefficient (Wildman–Crippen LogP) is 1.31. The summed E-state index contributed by atoms with van der Waals surface area (Å²) in [5.74, 6) is -0.911. The van der Waals surface area contributed by atoms with Gasteiger partial charge in [0.05, 0.1) is 5.41 Å². The topological polar surface area (TPSA) is 57.6 Å². The van der Waals surface area contributed by atoms with Crippen LogP contribution in [0.1, 0.15) is 24.0 Å². The Morgan fingerprint density at radius 2 is 1.82 bits per heavy atom. The van der Waals surface area contributed by atoms with E-state index in [1.165, 1.54) is 5.56 Å². The third-order valence-corrected chi connectivity index (χ3v) is 3.89. The Bertz CT molecular complexity index is 511. The van der Waals surface area contributed by atoms with Gasteiger partial charge in [-0.1, -0.05) is 24.3 Å². The maximum atomic E-state index is 12.0. The first-order valence-electron chi connectivity index (χ1n) is 5.75. The molecule has 1 saturated heterocycles. The van der Waals surface area contributed by atoms with Crippen LogP contribution in [0.25, 0.3) is 0 Å². The van der Waals surface area contributed by atoms with Crippen molar-refractivity contribution in [3.63, 3.8) is 0 Å². The number of hydroxylamine groups is 2. The minimum atomic E-state index is -0.694. The summed E-state index contributed by atoms with van der Waals surface area (Å²) in [6.45, 7) is 0. The van der Waals surface area contributed by atoms with E-state index in [1.54, 1.807) is 0 Å². The molecule has 2 amide bonds. The number of hydrogen-bond acceptors (Lipinski definition) is 3. The SMILES string of the molecule is O=C1CC2(CCc3ccccc3C2)C(=O)N1O. The van der Waals surface area contributed by atoms with Crippen LogP contribution >= 0.6 is 0 Å². The Labute approximate surface area is 98.8 Å². The van der Waals surface area contributed by atoms with Gasteiger partial charge in [0, 0.05) is 6.42 Å². The van der Waals surface area contributed by atoms with Crippen LogP contribution < -0.4 is 0 Å². The number of aryl methyl sites for hydroxylation is 1. The van der Waals surface area contributed by atoms with E-state index in [9.17, 15) is 14.8 Å². The number of carbonyl (C=O) groups is 2. The summed E-state index contributed by atoms with van der Waals surface area (Å²) < 4.78 is 0. The number of fused-ring (bicyclic) bond motifs is 1. The fraction of sp³-hybridized carbons (Fsp3) is 0.385. The van der Waals surface area contributed by atoms with Gasteiger partial charge >= 0.3 is 0 Å². The third-order valence-electron chi connectivity index (χ3n) is 3.89. The highest BCUT2D eigenvalue weighted by molar-refractivity contribution is 6.04. The quantitative estimate of drug-likeness (QED) is 0.541. The molecule has 0 saturated carbocycles. The van der Waals surface area contributed by atoms with E-state index >= 15 is 0 Å². The monoisotopic (exact) mass is 231 g/mol. The molecule has 1 aliphatic carbocycles. The molecular weight excluding hydrogens is 218 g/mol. The number of nitrogens with zero attached hydrogens (tertiary/aromatic N) is 1. The van der Waals surface area contributed by atoms with Gasteiger partial charge in [-0.2, -0.15) is 5.06 Å². The lowest BCUT2D eigenvalue weighted by Crippen LogP contribution is -2.37. The van der Waals surface area contributed by atoms with Gasteiger partial charge in [-0.3, -0.25) is 14.8 Å². The predicted molar refractivity (Wildman–Crippen MR) is 59.2 cm³/mol. The van der Waals surface area contributed by atoms with Crippen LogP contribution in [-0.2, 0) is 22.4 Å². The maximum Gasteiger partial charge on any atom is 0.260 e. The highest BCUT2D eigenvalue weighted by Crippen LogP contribution is 2.43. The van der Waals surface area contributed by atoms with E-state index in [2.05, 4.69) is 6.07 Å². The highest BCUT2D eigenvalue weighted by atomic mass is 16.5. The van der Waals surface area contributed by atoms with Crippen molar-refractivity contribution in [1.29, 1.82) is 0 Å². The zero-order valence-corrected chi connectivity index (χ0v) is 9.35. The molecule has 17 heavy (non-hydrogen) atoms. The van der Waals surface area contributed by atoms with Gasteiger partial charge in [0.25, 0.3) is 11.8 Å². The largest absolute Gasteiger partial charge is 0.278 e. The molecular formula is C13H13NO3. The standard InChI is InChI=1S/C13H13NO3/c15-11-8-13(12(16)14(11)17)6-5-9-3-1-2-4-10(9)7-13/h1-4,17H,5-8H2. The molecule has 88 valence electrons. The normalized spacial score (nSPS) is 27.7.